The summed E-state index contributed by atoms with van der Waals surface area (Å²) >= 11 is 6.05. The minimum Gasteiger partial charge on any atom is -0.380 e. The van der Waals surface area contributed by atoms with Crippen LogP contribution in [0.3, 0.4) is 0 Å². The van der Waals surface area contributed by atoms with Crippen LogP contribution in [0.1, 0.15) is 16.8 Å². The number of aromatic nitrogens is 1. The first-order valence-corrected chi connectivity index (χ1v) is 5.89. The van der Waals surface area contributed by atoms with E-state index >= 15 is 0 Å². The van der Waals surface area contributed by atoms with E-state index in [9.17, 15) is 0 Å². The number of nitrogens with zero attached hydrogens (tertiary/aromatic N) is 3. The average Bonchev–Trinajstić information content (AvgIpc) is 2.46. The van der Waals surface area contributed by atoms with Crippen molar-refractivity contribution < 1.29 is 0 Å². The second-order valence-corrected chi connectivity index (χ2v) is 4.23. The van der Waals surface area contributed by atoms with E-state index in [0.29, 0.717) is 22.8 Å². The summed E-state index contributed by atoms with van der Waals surface area (Å²) < 4.78 is 0. The smallest absolute Gasteiger partial charge is 0.140 e. The Hall–Kier alpha value is -2.56. The monoisotopic (exact) mass is 268 g/mol. The van der Waals surface area contributed by atoms with Crippen LogP contribution in [0.5, 0.6) is 0 Å². The van der Waals surface area contributed by atoms with E-state index in [1.807, 2.05) is 18.2 Å². The fourth-order valence-electron chi connectivity index (χ4n) is 1.57. The maximum atomic E-state index is 8.76. The van der Waals surface area contributed by atoms with Crippen molar-refractivity contribution in [1.82, 2.24) is 4.98 Å². The van der Waals surface area contributed by atoms with Crippen LogP contribution in [0.15, 0.2) is 36.5 Å². The standard InChI is InChI=1S/C14H9ClN4/c15-13-6-10(7-16)1-2-14(13)19-9-11-3-4-18-12(5-11)8-17/h1-6,19H,9H2. The number of nitrogens with one attached hydrogen (secondary N) is 1. The van der Waals surface area contributed by atoms with E-state index in [2.05, 4.69) is 10.3 Å². The molecule has 2 rings (SSSR count). The first kappa shape index (κ1) is 12.9. The Morgan fingerprint density at radius 2 is 2.00 bits per heavy atom. The van der Waals surface area contributed by atoms with Crippen molar-refractivity contribution in [3.05, 3.63) is 58.4 Å². The van der Waals surface area contributed by atoms with Gasteiger partial charge in [-0.1, -0.05) is 11.6 Å². The van der Waals surface area contributed by atoms with Crippen LogP contribution in [-0.2, 0) is 6.54 Å². The van der Waals surface area contributed by atoms with Crippen molar-refractivity contribution >= 4 is 17.3 Å². The second-order valence-electron chi connectivity index (χ2n) is 3.82. The van der Waals surface area contributed by atoms with Gasteiger partial charge in [-0.3, -0.25) is 0 Å². The summed E-state index contributed by atoms with van der Waals surface area (Å²) in [6.45, 7) is 0.531. The molecule has 5 heteroatoms. The Kier molecular flexibility index (Phi) is 3.97. The molecule has 0 saturated carbocycles. The lowest BCUT2D eigenvalue weighted by atomic mass is 10.2. The number of halogens is 1. The first-order valence-electron chi connectivity index (χ1n) is 5.51. The first-order chi connectivity index (χ1) is 9.22. The molecule has 4 nitrogen and oxygen atoms in total. The Balaban J connectivity index is 2.11. The van der Waals surface area contributed by atoms with Crippen molar-refractivity contribution in [2.45, 2.75) is 6.54 Å². The van der Waals surface area contributed by atoms with Gasteiger partial charge < -0.3 is 5.32 Å². The summed E-state index contributed by atoms with van der Waals surface area (Å²) in [5.74, 6) is 0. The molecule has 19 heavy (non-hydrogen) atoms. The third-order valence-corrected chi connectivity index (χ3v) is 2.83. The highest BCUT2D eigenvalue weighted by atomic mass is 35.5. The van der Waals surface area contributed by atoms with Crippen molar-refractivity contribution in [2.24, 2.45) is 0 Å². The van der Waals surface area contributed by atoms with Crippen molar-refractivity contribution in [1.29, 1.82) is 10.5 Å². The summed E-state index contributed by atoms with van der Waals surface area (Å²) in [4.78, 5) is 3.90. The molecule has 1 heterocycles. The molecule has 0 aliphatic rings. The summed E-state index contributed by atoms with van der Waals surface area (Å²) in [6, 6.07) is 12.6. The van der Waals surface area contributed by atoms with Gasteiger partial charge in [0.2, 0.25) is 0 Å². The number of rotatable bonds is 3. The third kappa shape index (κ3) is 3.22. The van der Waals surface area contributed by atoms with Gasteiger partial charge in [-0.2, -0.15) is 10.5 Å². The molecular weight excluding hydrogens is 260 g/mol. The third-order valence-electron chi connectivity index (χ3n) is 2.52. The van der Waals surface area contributed by atoms with E-state index < -0.39 is 0 Å². The van der Waals surface area contributed by atoms with Crippen LogP contribution in [-0.4, -0.2) is 4.98 Å². The lowest BCUT2D eigenvalue weighted by molar-refractivity contribution is 1.12. The number of pyridine rings is 1. The Bertz CT molecular complexity index is 683. The predicted molar refractivity (Wildman–Crippen MR) is 72.4 cm³/mol. The molecule has 2 aromatic rings. The van der Waals surface area contributed by atoms with Crippen molar-refractivity contribution in [3.8, 4) is 12.1 Å². The maximum absolute atomic E-state index is 8.76. The molecule has 1 aromatic carbocycles. The molecule has 1 N–H and O–H groups in total. The largest absolute Gasteiger partial charge is 0.380 e. The van der Waals surface area contributed by atoms with Crippen LogP contribution in [0.4, 0.5) is 5.69 Å². The van der Waals surface area contributed by atoms with Crippen molar-refractivity contribution in [3.63, 3.8) is 0 Å². The van der Waals surface area contributed by atoms with E-state index in [1.165, 1.54) is 0 Å². The summed E-state index contributed by atoms with van der Waals surface area (Å²) in [7, 11) is 0. The number of anilines is 1. The normalized spacial score (nSPS) is 9.42. The molecule has 0 unspecified atom stereocenters. The quantitative estimate of drug-likeness (QED) is 0.928. The molecule has 0 spiro atoms. The Labute approximate surface area is 115 Å². The van der Waals surface area contributed by atoms with Gasteiger partial charge >= 0.3 is 0 Å². The predicted octanol–water partition coefficient (Wildman–Crippen LogP) is 3.09. The van der Waals surface area contributed by atoms with E-state index in [0.717, 1.165) is 11.3 Å². The highest BCUT2D eigenvalue weighted by molar-refractivity contribution is 6.33. The summed E-state index contributed by atoms with van der Waals surface area (Å²) in [6.07, 6.45) is 1.59. The molecule has 0 fully saturated rings. The van der Waals surface area contributed by atoms with Gasteiger partial charge in [0.15, 0.2) is 0 Å². The van der Waals surface area contributed by atoms with Crippen LogP contribution < -0.4 is 5.32 Å². The van der Waals surface area contributed by atoms with Gasteiger partial charge in [0, 0.05) is 12.7 Å². The molecule has 1 aromatic heterocycles. The molecule has 0 aliphatic carbocycles. The minimum atomic E-state index is 0.380. The highest BCUT2D eigenvalue weighted by Crippen LogP contribution is 2.23. The topological polar surface area (TPSA) is 72.5 Å². The zero-order chi connectivity index (χ0) is 13.7. The number of nitriles is 2. The van der Waals surface area contributed by atoms with Gasteiger partial charge in [0.05, 0.1) is 22.3 Å². The minimum absolute atomic E-state index is 0.380. The van der Waals surface area contributed by atoms with Gasteiger partial charge in [-0.15, -0.1) is 0 Å². The zero-order valence-electron chi connectivity index (χ0n) is 9.89. The van der Waals surface area contributed by atoms with Crippen LogP contribution in [0.2, 0.25) is 5.02 Å². The SMILES string of the molecule is N#Cc1ccc(NCc2ccnc(C#N)c2)c(Cl)c1. The maximum Gasteiger partial charge on any atom is 0.140 e. The zero-order valence-corrected chi connectivity index (χ0v) is 10.6. The molecule has 0 aliphatic heterocycles. The van der Waals surface area contributed by atoms with Crippen LogP contribution in [0.25, 0.3) is 0 Å². The molecule has 0 atom stereocenters. The van der Waals surface area contributed by atoms with Crippen molar-refractivity contribution in [2.75, 3.05) is 5.32 Å². The summed E-state index contributed by atoms with van der Waals surface area (Å²) in [5.41, 5.74) is 2.58. The lowest BCUT2D eigenvalue weighted by Crippen LogP contribution is -2.01. The molecule has 0 saturated heterocycles. The fourth-order valence-corrected chi connectivity index (χ4v) is 1.82. The lowest BCUT2D eigenvalue weighted by Gasteiger charge is -2.08. The number of hydrogen-bond acceptors (Lipinski definition) is 4. The second kappa shape index (κ2) is 5.86. The molecule has 0 radical (unpaired) electrons. The molecular formula is C14H9ClN4. The fraction of sp³-hybridized carbons (Fsp3) is 0.0714. The Morgan fingerprint density at radius 3 is 2.68 bits per heavy atom. The van der Waals surface area contributed by atoms with E-state index in [1.54, 1.807) is 30.5 Å². The van der Waals surface area contributed by atoms with Crippen LogP contribution in [0, 0.1) is 22.7 Å². The summed E-state index contributed by atoms with van der Waals surface area (Å²) in [5, 5.41) is 21.2. The average molecular weight is 269 g/mol. The number of benzene rings is 1. The van der Waals surface area contributed by atoms with E-state index in [-0.39, 0.29) is 0 Å². The van der Waals surface area contributed by atoms with Gasteiger partial charge in [0.25, 0.3) is 0 Å². The van der Waals surface area contributed by atoms with Crippen LogP contribution >= 0.6 is 11.6 Å². The highest BCUT2D eigenvalue weighted by Gasteiger charge is 2.02. The van der Waals surface area contributed by atoms with Gasteiger partial charge in [0.1, 0.15) is 11.8 Å². The molecule has 92 valence electrons. The number of hydrogen-bond donors (Lipinski definition) is 1. The Morgan fingerprint density at radius 1 is 1.16 bits per heavy atom. The van der Waals surface area contributed by atoms with Gasteiger partial charge in [-0.25, -0.2) is 4.98 Å². The molecule has 0 amide bonds. The van der Waals surface area contributed by atoms with Gasteiger partial charge in [-0.05, 0) is 35.9 Å². The van der Waals surface area contributed by atoms with E-state index in [4.69, 9.17) is 22.1 Å². The molecule has 0 bridgehead atoms.